The van der Waals surface area contributed by atoms with Gasteiger partial charge in [0.15, 0.2) is 5.69 Å². The largest absolute Gasteiger partial charge is 0.458 e. The molecule has 0 radical (unpaired) electrons. The lowest BCUT2D eigenvalue weighted by atomic mass is 10.3. The van der Waals surface area contributed by atoms with E-state index in [4.69, 9.17) is 4.74 Å². The van der Waals surface area contributed by atoms with E-state index in [9.17, 15) is 4.79 Å². The number of carbonyl (C=O) groups excluding carboxylic acids is 1. The van der Waals surface area contributed by atoms with E-state index >= 15 is 0 Å². The Kier molecular flexibility index (Phi) is 3.22. The Balaban J connectivity index is 2.84. The third-order valence-corrected chi connectivity index (χ3v) is 1.62. The maximum atomic E-state index is 11.5. The zero-order valence-corrected chi connectivity index (χ0v) is 8.89. The monoisotopic (exact) mass is 197 g/mol. The molecule has 0 saturated heterocycles. The summed E-state index contributed by atoms with van der Waals surface area (Å²) in [5, 5.41) is 7.49. The van der Waals surface area contributed by atoms with Gasteiger partial charge in [0.05, 0.1) is 12.3 Å². The summed E-state index contributed by atoms with van der Waals surface area (Å²) in [6.45, 7) is 7.48. The molecule has 1 aromatic heterocycles. The number of esters is 1. The zero-order valence-electron chi connectivity index (χ0n) is 8.89. The van der Waals surface area contributed by atoms with E-state index in [1.54, 1.807) is 18.5 Å². The fraction of sp³-hybridized carbons (Fsp3) is 0.667. The molecule has 78 valence electrons. The zero-order chi connectivity index (χ0) is 10.7. The molecule has 0 unspecified atom stereocenters. The first-order chi connectivity index (χ1) is 6.52. The van der Waals surface area contributed by atoms with Crippen LogP contribution in [0, 0.1) is 0 Å². The van der Waals surface area contributed by atoms with Crippen LogP contribution in [0.4, 0.5) is 0 Å². The third kappa shape index (κ3) is 2.31. The fourth-order valence-electron chi connectivity index (χ4n) is 1.05. The summed E-state index contributed by atoms with van der Waals surface area (Å²) in [6, 6.07) is 0.104. The maximum absolute atomic E-state index is 11.5. The van der Waals surface area contributed by atoms with Gasteiger partial charge in [-0.25, -0.2) is 9.48 Å². The van der Waals surface area contributed by atoms with Crippen LogP contribution in [-0.2, 0) is 4.74 Å². The molecule has 5 heteroatoms. The summed E-state index contributed by atoms with van der Waals surface area (Å²) in [6.07, 6.45) is 1.29. The molecule has 0 aromatic carbocycles. The van der Waals surface area contributed by atoms with Crippen LogP contribution in [-0.4, -0.2) is 27.1 Å². The first-order valence-corrected chi connectivity index (χ1v) is 4.63. The minimum absolute atomic E-state index is 0.104. The van der Waals surface area contributed by atoms with Crippen molar-refractivity contribution in [1.29, 1.82) is 0 Å². The summed E-state index contributed by atoms with van der Waals surface area (Å²) >= 11 is 0. The molecule has 1 heterocycles. The Bertz CT molecular complexity index is 318. The SMILES string of the molecule is CC(C)OC(=O)c1cnnn1C(C)C. The van der Waals surface area contributed by atoms with E-state index in [1.807, 2.05) is 13.8 Å². The second kappa shape index (κ2) is 4.21. The van der Waals surface area contributed by atoms with Crippen molar-refractivity contribution in [2.45, 2.75) is 39.8 Å². The summed E-state index contributed by atoms with van der Waals surface area (Å²) < 4.78 is 6.59. The quantitative estimate of drug-likeness (QED) is 0.688. The van der Waals surface area contributed by atoms with Crippen LogP contribution in [0.3, 0.4) is 0 Å². The van der Waals surface area contributed by atoms with Crippen LogP contribution in [0.1, 0.15) is 44.2 Å². The van der Waals surface area contributed by atoms with Gasteiger partial charge in [0.25, 0.3) is 0 Å². The number of aromatic nitrogens is 3. The molecule has 14 heavy (non-hydrogen) atoms. The van der Waals surface area contributed by atoms with E-state index in [2.05, 4.69) is 10.3 Å². The highest BCUT2D eigenvalue weighted by Crippen LogP contribution is 2.08. The van der Waals surface area contributed by atoms with E-state index < -0.39 is 0 Å². The van der Waals surface area contributed by atoms with Crippen LogP contribution in [0.15, 0.2) is 6.20 Å². The Hall–Kier alpha value is -1.39. The Morgan fingerprint density at radius 3 is 2.57 bits per heavy atom. The van der Waals surface area contributed by atoms with Gasteiger partial charge < -0.3 is 4.74 Å². The number of rotatable bonds is 3. The molecule has 0 bridgehead atoms. The molecule has 1 rings (SSSR count). The summed E-state index contributed by atoms with van der Waals surface area (Å²) in [7, 11) is 0. The van der Waals surface area contributed by atoms with Gasteiger partial charge in [-0.2, -0.15) is 0 Å². The first-order valence-electron chi connectivity index (χ1n) is 4.63. The van der Waals surface area contributed by atoms with Gasteiger partial charge in [0.1, 0.15) is 0 Å². The van der Waals surface area contributed by atoms with Crippen molar-refractivity contribution < 1.29 is 9.53 Å². The number of hydrogen-bond donors (Lipinski definition) is 0. The highest BCUT2D eigenvalue weighted by Gasteiger charge is 2.17. The van der Waals surface area contributed by atoms with E-state index in [0.717, 1.165) is 0 Å². The Morgan fingerprint density at radius 2 is 2.07 bits per heavy atom. The third-order valence-electron chi connectivity index (χ3n) is 1.62. The van der Waals surface area contributed by atoms with Crippen LogP contribution in [0.2, 0.25) is 0 Å². The van der Waals surface area contributed by atoms with Gasteiger partial charge in [-0.1, -0.05) is 5.21 Å². The Labute approximate surface area is 83.1 Å². The van der Waals surface area contributed by atoms with Crippen molar-refractivity contribution in [3.05, 3.63) is 11.9 Å². The molecule has 0 spiro atoms. The molecule has 5 nitrogen and oxygen atoms in total. The van der Waals surface area contributed by atoms with Crippen molar-refractivity contribution in [2.75, 3.05) is 0 Å². The second-order valence-electron chi connectivity index (χ2n) is 3.61. The summed E-state index contributed by atoms with van der Waals surface area (Å²) in [5.74, 6) is -0.376. The molecule has 1 aromatic rings. The molecule has 0 aliphatic heterocycles. The van der Waals surface area contributed by atoms with Crippen LogP contribution in [0.25, 0.3) is 0 Å². The van der Waals surface area contributed by atoms with Crippen LogP contribution >= 0.6 is 0 Å². The van der Waals surface area contributed by atoms with Crippen molar-refractivity contribution in [3.8, 4) is 0 Å². The maximum Gasteiger partial charge on any atom is 0.358 e. The summed E-state index contributed by atoms with van der Waals surface area (Å²) in [4.78, 5) is 11.5. The molecular formula is C9H15N3O2. The second-order valence-corrected chi connectivity index (χ2v) is 3.61. The van der Waals surface area contributed by atoms with Crippen molar-refractivity contribution in [1.82, 2.24) is 15.0 Å². The molecule has 0 amide bonds. The lowest BCUT2D eigenvalue weighted by Crippen LogP contribution is -2.17. The molecule has 0 N–H and O–H groups in total. The predicted octanol–water partition coefficient (Wildman–Crippen LogP) is 1.42. The molecule has 0 fully saturated rings. The topological polar surface area (TPSA) is 57.0 Å². The number of nitrogens with zero attached hydrogens (tertiary/aromatic N) is 3. The smallest absolute Gasteiger partial charge is 0.358 e. The van der Waals surface area contributed by atoms with Crippen molar-refractivity contribution in [3.63, 3.8) is 0 Å². The Morgan fingerprint density at radius 1 is 1.43 bits per heavy atom. The van der Waals surface area contributed by atoms with Crippen LogP contribution < -0.4 is 0 Å². The van der Waals surface area contributed by atoms with Crippen LogP contribution in [0.5, 0.6) is 0 Å². The number of carbonyl (C=O) groups is 1. The van der Waals surface area contributed by atoms with E-state index in [1.165, 1.54) is 6.20 Å². The molecular weight excluding hydrogens is 182 g/mol. The normalized spacial score (nSPS) is 11.0. The van der Waals surface area contributed by atoms with E-state index in [0.29, 0.717) is 5.69 Å². The summed E-state index contributed by atoms with van der Waals surface area (Å²) in [5.41, 5.74) is 0.397. The fourth-order valence-corrected chi connectivity index (χ4v) is 1.05. The number of hydrogen-bond acceptors (Lipinski definition) is 4. The highest BCUT2D eigenvalue weighted by molar-refractivity contribution is 5.87. The van der Waals surface area contributed by atoms with Gasteiger partial charge in [-0.05, 0) is 27.7 Å². The van der Waals surface area contributed by atoms with Gasteiger partial charge >= 0.3 is 5.97 Å². The lowest BCUT2D eigenvalue weighted by Gasteiger charge is -2.10. The molecule has 0 saturated carbocycles. The van der Waals surface area contributed by atoms with Crippen molar-refractivity contribution in [2.24, 2.45) is 0 Å². The van der Waals surface area contributed by atoms with Gasteiger partial charge in [-0.3, -0.25) is 0 Å². The lowest BCUT2D eigenvalue weighted by molar-refractivity contribution is 0.0361. The average molecular weight is 197 g/mol. The van der Waals surface area contributed by atoms with Gasteiger partial charge in [0.2, 0.25) is 0 Å². The molecule has 0 atom stereocenters. The predicted molar refractivity (Wildman–Crippen MR) is 51.0 cm³/mol. The molecule has 0 aliphatic rings. The van der Waals surface area contributed by atoms with Gasteiger partial charge in [-0.15, -0.1) is 5.10 Å². The highest BCUT2D eigenvalue weighted by atomic mass is 16.5. The molecule has 0 aliphatic carbocycles. The minimum atomic E-state index is -0.376. The van der Waals surface area contributed by atoms with Gasteiger partial charge in [0, 0.05) is 6.04 Å². The minimum Gasteiger partial charge on any atom is -0.458 e. The first kappa shape index (κ1) is 10.7. The van der Waals surface area contributed by atoms with E-state index in [-0.39, 0.29) is 18.1 Å². The van der Waals surface area contributed by atoms with Crippen molar-refractivity contribution >= 4 is 5.97 Å². The number of ether oxygens (including phenoxy) is 1. The average Bonchev–Trinajstić information content (AvgIpc) is 2.49. The standard InChI is InChI=1S/C9H15N3O2/c1-6(2)12-8(5-10-11-12)9(13)14-7(3)4/h5-7H,1-4H3.